The van der Waals surface area contributed by atoms with Crippen molar-refractivity contribution in [2.45, 2.75) is 39.2 Å². The van der Waals surface area contributed by atoms with Gasteiger partial charge in [0.15, 0.2) is 5.96 Å². The zero-order chi connectivity index (χ0) is 18.1. The van der Waals surface area contributed by atoms with Crippen molar-refractivity contribution in [2.75, 3.05) is 66.6 Å². The van der Waals surface area contributed by atoms with Crippen LogP contribution in [-0.4, -0.2) is 88.4 Å². The first kappa shape index (κ1) is 20.5. The third-order valence-electron chi connectivity index (χ3n) is 5.86. The first-order valence-electron chi connectivity index (χ1n) is 10.1. The highest BCUT2D eigenvalue weighted by molar-refractivity contribution is 5.79. The SMILES string of the molecule is CCC(CC)C(CNC(=NC)NCC1CCN(C)C1)N1CCOCC1. The minimum atomic E-state index is 0.551. The van der Waals surface area contributed by atoms with Crippen LogP contribution in [0.3, 0.4) is 0 Å². The molecule has 0 aromatic rings. The van der Waals surface area contributed by atoms with Gasteiger partial charge in [-0.1, -0.05) is 26.7 Å². The Morgan fingerprint density at radius 3 is 2.44 bits per heavy atom. The number of morpholine rings is 1. The van der Waals surface area contributed by atoms with Crippen LogP contribution >= 0.6 is 0 Å². The number of hydrogen-bond acceptors (Lipinski definition) is 4. The molecule has 2 N–H and O–H groups in total. The van der Waals surface area contributed by atoms with E-state index in [1.54, 1.807) is 0 Å². The molecule has 2 atom stereocenters. The number of guanidine groups is 1. The molecule has 0 aliphatic carbocycles. The number of likely N-dealkylation sites (tertiary alicyclic amines) is 1. The van der Waals surface area contributed by atoms with Crippen molar-refractivity contribution in [2.24, 2.45) is 16.8 Å². The lowest BCUT2D eigenvalue weighted by Crippen LogP contribution is -2.53. The van der Waals surface area contributed by atoms with Crippen LogP contribution in [0.15, 0.2) is 4.99 Å². The van der Waals surface area contributed by atoms with Gasteiger partial charge in [-0.25, -0.2) is 0 Å². The highest BCUT2D eigenvalue weighted by atomic mass is 16.5. The fourth-order valence-electron chi connectivity index (χ4n) is 4.19. The second-order valence-corrected chi connectivity index (χ2v) is 7.54. The predicted octanol–water partition coefficient (Wildman–Crippen LogP) is 1.24. The summed E-state index contributed by atoms with van der Waals surface area (Å²) < 4.78 is 5.55. The molecule has 6 heteroatoms. The van der Waals surface area contributed by atoms with Gasteiger partial charge in [-0.3, -0.25) is 9.89 Å². The molecule has 2 aliphatic heterocycles. The van der Waals surface area contributed by atoms with Gasteiger partial charge in [0.1, 0.15) is 0 Å². The van der Waals surface area contributed by atoms with E-state index < -0.39 is 0 Å². The largest absolute Gasteiger partial charge is 0.379 e. The average molecular weight is 354 g/mol. The quantitative estimate of drug-likeness (QED) is 0.508. The molecule has 0 saturated carbocycles. The smallest absolute Gasteiger partial charge is 0.191 e. The van der Waals surface area contributed by atoms with Crippen LogP contribution in [0.2, 0.25) is 0 Å². The van der Waals surface area contributed by atoms with Gasteiger partial charge < -0.3 is 20.3 Å². The summed E-state index contributed by atoms with van der Waals surface area (Å²) in [5.74, 6) is 2.39. The Morgan fingerprint density at radius 2 is 1.88 bits per heavy atom. The van der Waals surface area contributed by atoms with E-state index in [-0.39, 0.29) is 0 Å². The van der Waals surface area contributed by atoms with E-state index >= 15 is 0 Å². The molecule has 2 saturated heterocycles. The molecule has 0 amide bonds. The van der Waals surface area contributed by atoms with Crippen LogP contribution in [0.5, 0.6) is 0 Å². The molecule has 2 heterocycles. The van der Waals surface area contributed by atoms with Crippen molar-refractivity contribution in [3.8, 4) is 0 Å². The molecule has 2 unspecified atom stereocenters. The van der Waals surface area contributed by atoms with Gasteiger partial charge in [0.05, 0.1) is 13.2 Å². The first-order chi connectivity index (χ1) is 12.2. The number of nitrogens with zero attached hydrogens (tertiary/aromatic N) is 3. The Hall–Kier alpha value is -0.850. The van der Waals surface area contributed by atoms with E-state index in [0.717, 1.165) is 51.3 Å². The lowest BCUT2D eigenvalue weighted by atomic mass is 9.92. The third-order valence-corrected chi connectivity index (χ3v) is 5.86. The number of hydrogen-bond donors (Lipinski definition) is 2. The Morgan fingerprint density at radius 1 is 1.16 bits per heavy atom. The molecule has 2 aliphatic rings. The maximum atomic E-state index is 5.55. The molecule has 0 aromatic heterocycles. The zero-order valence-electron chi connectivity index (χ0n) is 16.8. The Kier molecular flexibility index (Phi) is 8.99. The van der Waals surface area contributed by atoms with Gasteiger partial charge in [-0.2, -0.15) is 0 Å². The molecule has 0 bridgehead atoms. The Balaban J connectivity index is 1.83. The maximum absolute atomic E-state index is 5.55. The molecular formula is C19H39N5O. The van der Waals surface area contributed by atoms with E-state index in [1.165, 1.54) is 32.4 Å². The summed E-state index contributed by atoms with van der Waals surface area (Å²) in [6, 6.07) is 0.551. The second-order valence-electron chi connectivity index (χ2n) is 7.54. The molecule has 2 rings (SSSR count). The monoisotopic (exact) mass is 353 g/mol. The minimum absolute atomic E-state index is 0.551. The van der Waals surface area contributed by atoms with Gasteiger partial charge >= 0.3 is 0 Å². The topological polar surface area (TPSA) is 52.1 Å². The van der Waals surface area contributed by atoms with E-state index in [4.69, 9.17) is 4.74 Å². The number of nitrogens with one attached hydrogen (secondary N) is 2. The summed E-state index contributed by atoms with van der Waals surface area (Å²) in [4.78, 5) is 9.45. The number of aliphatic imine (C=N–C) groups is 1. The maximum Gasteiger partial charge on any atom is 0.191 e. The molecule has 146 valence electrons. The molecular weight excluding hydrogens is 314 g/mol. The van der Waals surface area contributed by atoms with Crippen molar-refractivity contribution >= 4 is 5.96 Å². The second kappa shape index (κ2) is 11.0. The van der Waals surface area contributed by atoms with Crippen molar-refractivity contribution in [3.05, 3.63) is 0 Å². The van der Waals surface area contributed by atoms with Crippen LogP contribution in [0.1, 0.15) is 33.1 Å². The molecule has 25 heavy (non-hydrogen) atoms. The summed E-state index contributed by atoms with van der Waals surface area (Å²) >= 11 is 0. The molecule has 2 fully saturated rings. The fraction of sp³-hybridized carbons (Fsp3) is 0.947. The van der Waals surface area contributed by atoms with E-state index in [1.807, 2.05) is 7.05 Å². The van der Waals surface area contributed by atoms with Crippen LogP contribution in [0.25, 0.3) is 0 Å². The van der Waals surface area contributed by atoms with Gasteiger partial charge in [-0.05, 0) is 31.8 Å². The Labute approximate surface area is 154 Å². The van der Waals surface area contributed by atoms with Crippen LogP contribution in [-0.2, 0) is 4.74 Å². The van der Waals surface area contributed by atoms with Crippen molar-refractivity contribution in [3.63, 3.8) is 0 Å². The lowest BCUT2D eigenvalue weighted by Gasteiger charge is -2.39. The van der Waals surface area contributed by atoms with Gasteiger partial charge in [0.2, 0.25) is 0 Å². The number of ether oxygens (including phenoxy) is 1. The summed E-state index contributed by atoms with van der Waals surface area (Å²) in [6.07, 6.45) is 3.73. The summed E-state index contributed by atoms with van der Waals surface area (Å²) in [6.45, 7) is 12.8. The molecule has 0 aromatic carbocycles. The van der Waals surface area contributed by atoms with E-state index in [0.29, 0.717) is 12.0 Å². The minimum Gasteiger partial charge on any atom is -0.379 e. The van der Waals surface area contributed by atoms with Gasteiger partial charge in [0.25, 0.3) is 0 Å². The summed E-state index contributed by atoms with van der Waals surface area (Å²) in [7, 11) is 4.08. The van der Waals surface area contributed by atoms with Crippen molar-refractivity contribution in [1.29, 1.82) is 0 Å². The highest BCUT2D eigenvalue weighted by Crippen LogP contribution is 2.19. The molecule has 6 nitrogen and oxygen atoms in total. The van der Waals surface area contributed by atoms with E-state index in [2.05, 4.69) is 46.3 Å². The van der Waals surface area contributed by atoms with Crippen LogP contribution in [0.4, 0.5) is 0 Å². The van der Waals surface area contributed by atoms with Crippen LogP contribution in [0, 0.1) is 11.8 Å². The average Bonchev–Trinajstić information content (AvgIpc) is 3.07. The van der Waals surface area contributed by atoms with Gasteiger partial charge in [-0.15, -0.1) is 0 Å². The standard InChI is InChI=1S/C19H39N5O/c1-5-17(6-2)18(24-9-11-25-12-10-24)14-22-19(20-3)21-13-16-7-8-23(4)15-16/h16-18H,5-15H2,1-4H3,(H2,20,21,22). The molecule has 0 radical (unpaired) electrons. The van der Waals surface area contributed by atoms with Gasteiger partial charge in [0, 0.05) is 45.8 Å². The molecule has 0 spiro atoms. The van der Waals surface area contributed by atoms with Crippen molar-refractivity contribution in [1.82, 2.24) is 20.4 Å². The predicted molar refractivity (Wildman–Crippen MR) is 105 cm³/mol. The third kappa shape index (κ3) is 6.42. The summed E-state index contributed by atoms with van der Waals surface area (Å²) in [5, 5.41) is 7.13. The highest BCUT2D eigenvalue weighted by Gasteiger charge is 2.27. The fourth-order valence-corrected chi connectivity index (χ4v) is 4.19. The Bertz CT molecular complexity index is 393. The normalized spacial score (nSPS) is 24.7. The van der Waals surface area contributed by atoms with Crippen LogP contribution < -0.4 is 10.6 Å². The lowest BCUT2D eigenvalue weighted by molar-refractivity contribution is 0.00272. The zero-order valence-corrected chi connectivity index (χ0v) is 16.8. The first-order valence-corrected chi connectivity index (χ1v) is 10.1. The van der Waals surface area contributed by atoms with E-state index in [9.17, 15) is 0 Å². The summed E-state index contributed by atoms with van der Waals surface area (Å²) in [5.41, 5.74) is 0. The van der Waals surface area contributed by atoms with Crippen molar-refractivity contribution < 1.29 is 4.74 Å². The number of rotatable bonds is 8.